The van der Waals surface area contributed by atoms with Crippen molar-refractivity contribution in [3.05, 3.63) is 66.6 Å². The van der Waals surface area contributed by atoms with Crippen LogP contribution in [-0.2, 0) is 0 Å². The van der Waals surface area contributed by atoms with Gasteiger partial charge in [-0.15, -0.1) is 0 Å². The largest absolute Gasteiger partial charge is 0.389 e. The summed E-state index contributed by atoms with van der Waals surface area (Å²) in [5, 5.41) is 13.8. The van der Waals surface area contributed by atoms with Crippen molar-refractivity contribution >= 4 is 0 Å². The molecular weight excluding hydrogens is 250 g/mol. The fourth-order valence-electron chi connectivity index (χ4n) is 2.01. The van der Waals surface area contributed by atoms with Gasteiger partial charge in [0.2, 0.25) is 0 Å². The molecule has 1 aromatic carbocycles. The zero-order chi connectivity index (χ0) is 13.9. The minimum Gasteiger partial charge on any atom is -0.389 e. The van der Waals surface area contributed by atoms with Crippen LogP contribution >= 0.6 is 0 Å². The Morgan fingerprint density at radius 2 is 1.80 bits per heavy atom. The first-order chi connectivity index (χ1) is 9.74. The Morgan fingerprint density at radius 3 is 2.45 bits per heavy atom. The fraction of sp³-hybridized carbons (Fsp3) is 0.125. The quantitative estimate of drug-likeness (QED) is 0.792. The van der Waals surface area contributed by atoms with Crippen LogP contribution in [-0.4, -0.2) is 19.9 Å². The zero-order valence-electron chi connectivity index (χ0n) is 11.1. The van der Waals surface area contributed by atoms with Crippen LogP contribution in [0.4, 0.5) is 0 Å². The van der Waals surface area contributed by atoms with Crippen molar-refractivity contribution in [2.45, 2.75) is 13.0 Å². The molecule has 100 valence electrons. The number of rotatable bonds is 3. The number of nitrogens with zero attached hydrogens (tertiary/aromatic N) is 3. The first kappa shape index (κ1) is 12.6. The van der Waals surface area contributed by atoms with E-state index in [1.807, 2.05) is 54.9 Å². The predicted octanol–water partition coefficient (Wildman–Crippen LogP) is 2.99. The molecule has 0 saturated heterocycles. The summed E-state index contributed by atoms with van der Waals surface area (Å²) in [6, 6.07) is 13.8. The summed E-state index contributed by atoms with van der Waals surface area (Å²) in [5.74, 6) is 0.733. The minimum absolute atomic E-state index is 0.506. The highest BCUT2D eigenvalue weighted by atomic mass is 16.3. The molecule has 0 radical (unpaired) electrons. The molecule has 1 N–H and O–H groups in total. The second kappa shape index (κ2) is 5.27. The molecule has 2 heterocycles. The van der Waals surface area contributed by atoms with Crippen molar-refractivity contribution in [1.29, 1.82) is 0 Å². The number of pyridine rings is 1. The Kier molecular flexibility index (Phi) is 3.31. The highest BCUT2D eigenvalue weighted by Gasteiger charge is 2.05. The zero-order valence-corrected chi connectivity index (χ0v) is 11.1. The molecule has 0 bridgehead atoms. The maximum Gasteiger partial charge on any atom is 0.153 e. The van der Waals surface area contributed by atoms with Crippen molar-refractivity contribution in [3.63, 3.8) is 0 Å². The van der Waals surface area contributed by atoms with Gasteiger partial charge >= 0.3 is 0 Å². The summed E-state index contributed by atoms with van der Waals surface area (Å²) >= 11 is 0. The molecule has 3 aromatic rings. The van der Waals surface area contributed by atoms with Gasteiger partial charge in [-0.2, -0.15) is 5.10 Å². The van der Waals surface area contributed by atoms with E-state index >= 15 is 0 Å². The lowest BCUT2D eigenvalue weighted by atomic mass is 10.1. The number of aliphatic hydroxyl groups excluding tert-OH is 1. The lowest BCUT2D eigenvalue weighted by Gasteiger charge is -2.05. The minimum atomic E-state index is -0.506. The van der Waals surface area contributed by atoms with Crippen LogP contribution in [0.2, 0.25) is 0 Å². The molecule has 2 aromatic heterocycles. The summed E-state index contributed by atoms with van der Waals surface area (Å²) < 4.78 is 1.73. The van der Waals surface area contributed by atoms with Crippen LogP contribution in [0.5, 0.6) is 0 Å². The second-order valence-electron chi connectivity index (χ2n) is 4.67. The molecule has 0 aliphatic carbocycles. The molecule has 1 unspecified atom stereocenters. The van der Waals surface area contributed by atoms with Gasteiger partial charge in [-0.25, -0.2) is 9.67 Å². The van der Waals surface area contributed by atoms with Gasteiger partial charge in [0.05, 0.1) is 12.3 Å². The van der Waals surface area contributed by atoms with Crippen molar-refractivity contribution in [1.82, 2.24) is 14.8 Å². The third-order valence-corrected chi connectivity index (χ3v) is 3.18. The molecular formula is C16H15N3O. The number of hydrogen-bond acceptors (Lipinski definition) is 3. The third kappa shape index (κ3) is 2.46. The topological polar surface area (TPSA) is 50.9 Å². The maximum atomic E-state index is 9.48. The van der Waals surface area contributed by atoms with Crippen molar-refractivity contribution in [3.8, 4) is 16.9 Å². The van der Waals surface area contributed by atoms with Gasteiger partial charge in [0, 0.05) is 18.0 Å². The predicted molar refractivity (Wildman–Crippen MR) is 77.4 cm³/mol. The van der Waals surface area contributed by atoms with Gasteiger partial charge in [-0.3, -0.25) is 0 Å². The standard InChI is InChI=1S/C16H15N3O/c1-12(20)14-7-8-16(17-9-14)19-11-15(10-18-19)13-5-3-2-4-6-13/h2-12,20H,1H3. The highest BCUT2D eigenvalue weighted by molar-refractivity contribution is 5.61. The molecule has 0 spiro atoms. The average Bonchev–Trinajstić information content (AvgIpc) is 2.98. The average molecular weight is 265 g/mol. The molecule has 0 amide bonds. The number of aromatic nitrogens is 3. The number of hydrogen-bond donors (Lipinski definition) is 1. The molecule has 20 heavy (non-hydrogen) atoms. The lowest BCUT2D eigenvalue weighted by Crippen LogP contribution is -1.99. The van der Waals surface area contributed by atoms with Gasteiger partial charge in [0.15, 0.2) is 5.82 Å². The van der Waals surface area contributed by atoms with E-state index in [2.05, 4.69) is 10.1 Å². The van der Waals surface area contributed by atoms with Crippen LogP contribution in [0, 0.1) is 0 Å². The molecule has 4 heteroatoms. The molecule has 1 atom stereocenters. The summed E-state index contributed by atoms with van der Waals surface area (Å²) in [5.41, 5.74) is 2.97. The highest BCUT2D eigenvalue weighted by Crippen LogP contribution is 2.19. The fourth-order valence-corrected chi connectivity index (χ4v) is 2.01. The van der Waals surface area contributed by atoms with E-state index in [0.29, 0.717) is 0 Å². The van der Waals surface area contributed by atoms with Crippen LogP contribution in [0.1, 0.15) is 18.6 Å². The van der Waals surface area contributed by atoms with Gasteiger partial charge in [-0.1, -0.05) is 36.4 Å². The Bertz CT molecular complexity index is 687. The summed E-state index contributed by atoms with van der Waals surface area (Å²) in [4.78, 5) is 4.32. The van der Waals surface area contributed by atoms with E-state index in [9.17, 15) is 5.11 Å². The molecule has 3 rings (SSSR count). The third-order valence-electron chi connectivity index (χ3n) is 3.18. The Hall–Kier alpha value is -2.46. The van der Waals surface area contributed by atoms with Crippen LogP contribution in [0.15, 0.2) is 61.1 Å². The van der Waals surface area contributed by atoms with Crippen molar-refractivity contribution < 1.29 is 5.11 Å². The first-order valence-corrected chi connectivity index (χ1v) is 6.48. The Balaban J connectivity index is 1.90. The molecule has 0 aliphatic rings. The van der Waals surface area contributed by atoms with E-state index in [4.69, 9.17) is 0 Å². The van der Waals surface area contributed by atoms with Gasteiger partial charge in [-0.05, 0) is 24.1 Å². The summed E-state index contributed by atoms with van der Waals surface area (Å²) in [6.45, 7) is 1.72. The molecule has 0 fully saturated rings. The van der Waals surface area contributed by atoms with Crippen molar-refractivity contribution in [2.75, 3.05) is 0 Å². The van der Waals surface area contributed by atoms with E-state index in [1.54, 1.807) is 17.8 Å². The van der Waals surface area contributed by atoms with Crippen LogP contribution < -0.4 is 0 Å². The smallest absolute Gasteiger partial charge is 0.153 e. The monoisotopic (exact) mass is 265 g/mol. The van der Waals surface area contributed by atoms with E-state index in [1.165, 1.54) is 0 Å². The van der Waals surface area contributed by atoms with Gasteiger partial charge in [0.25, 0.3) is 0 Å². The van der Waals surface area contributed by atoms with Crippen LogP contribution in [0.3, 0.4) is 0 Å². The molecule has 0 saturated carbocycles. The molecule has 0 aliphatic heterocycles. The van der Waals surface area contributed by atoms with E-state index in [0.717, 1.165) is 22.5 Å². The molecule has 4 nitrogen and oxygen atoms in total. The lowest BCUT2D eigenvalue weighted by molar-refractivity contribution is 0.199. The summed E-state index contributed by atoms with van der Waals surface area (Å²) in [6.07, 6.45) is 4.93. The first-order valence-electron chi connectivity index (χ1n) is 6.48. The Labute approximate surface area is 117 Å². The SMILES string of the molecule is CC(O)c1ccc(-n2cc(-c3ccccc3)cn2)nc1. The van der Waals surface area contributed by atoms with E-state index in [-0.39, 0.29) is 0 Å². The number of benzene rings is 1. The summed E-state index contributed by atoms with van der Waals surface area (Å²) in [7, 11) is 0. The maximum absolute atomic E-state index is 9.48. The van der Waals surface area contributed by atoms with Gasteiger partial charge in [0.1, 0.15) is 0 Å². The van der Waals surface area contributed by atoms with Crippen LogP contribution in [0.25, 0.3) is 16.9 Å². The number of aliphatic hydroxyl groups is 1. The van der Waals surface area contributed by atoms with Crippen molar-refractivity contribution in [2.24, 2.45) is 0 Å². The van der Waals surface area contributed by atoms with E-state index < -0.39 is 6.10 Å². The second-order valence-corrected chi connectivity index (χ2v) is 4.67. The normalized spacial score (nSPS) is 12.3. The van der Waals surface area contributed by atoms with Gasteiger partial charge < -0.3 is 5.11 Å². The Morgan fingerprint density at radius 1 is 1.00 bits per heavy atom.